The molecule has 0 saturated carbocycles. The van der Waals surface area contributed by atoms with Crippen molar-refractivity contribution in [1.29, 1.82) is 0 Å². The van der Waals surface area contributed by atoms with Gasteiger partial charge < -0.3 is 15.6 Å². The number of pyridine rings is 1. The molecule has 0 saturated heterocycles. The quantitative estimate of drug-likeness (QED) is 0.620. The topological polar surface area (TPSA) is 95.6 Å². The minimum absolute atomic E-state index is 0. The second-order valence-electron chi connectivity index (χ2n) is 5.52. The van der Waals surface area contributed by atoms with E-state index in [4.69, 9.17) is 0 Å². The summed E-state index contributed by atoms with van der Waals surface area (Å²) in [4.78, 5) is 27.1. The van der Waals surface area contributed by atoms with Gasteiger partial charge in [0.1, 0.15) is 23.3 Å². The van der Waals surface area contributed by atoms with Crippen molar-refractivity contribution in [2.75, 3.05) is 11.9 Å². The number of carbonyl (C=O) groups is 1. The number of aromatic nitrogens is 4. The molecule has 0 aliphatic heterocycles. The standard InChI is InChI=1S/C16H15F3N6O.3H2/c1-8(16(26)23-7-12(18)19)24-13-2-3-20-15(25-13)11-6-22-14-10(11)4-9(17)5-21-14;;;/h2-6,8,12H,7H2,1H3,(H,21,22)(H,23,26)(H,20,24,25);3*1H/t8-;;;/m1.../s1. The van der Waals surface area contributed by atoms with Gasteiger partial charge in [-0.1, -0.05) is 0 Å². The maximum Gasteiger partial charge on any atom is 0.255 e. The average Bonchev–Trinajstić information content (AvgIpc) is 3.02. The van der Waals surface area contributed by atoms with Gasteiger partial charge in [0, 0.05) is 27.6 Å². The summed E-state index contributed by atoms with van der Waals surface area (Å²) in [5, 5.41) is 5.46. The first-order chi connectivity index (χ1) is 12.4. The molecule has 142 valence electrons. The number of rotatable bonds is 6. The van der Waals surface area contributed by atoms with E-state index in [1.807, 2.05) is 0 Å². The Kier molecular flexibility index (Phi) is 5.01. The van der Waals surface area contributed by atoms with Gasteiger partial charge in [0.15, 0.2) is 5.82 Å². The van der Waals surface area contributed by atoms with Crippen LogP contribution in [0.1, 0.15) is 11.2 Å². The molecule has 0 spiro atoms. The number of alkyl halides is 2. The first kappa shape index (κ1) is 17.6. The van der Waals surface area contributed by atoms with Gasteiger partial charge in [-0.25, -0.2) is 28.1 Å². The number of fused-ring (bicyclic) bond motifs is 1. The summed E-state index contributed by atoms with van der Waals surface area (Å²) < 4.78 is 37.8. The average molecular weight is 370 g/mol. The van der Waals surface area contributed by atoms with E-state index in [9.17, 15) is 18.0 Å². The van der Waals surface area contributed by atoms with Gasteiger partial charge in [0.05, 0.1) is 12.7 Å². The number of H-pyrrole nitrogens is 1. The van der Waals surface area contributed by atoms with Gasteiger partial charge in [0.2, 0.25) is 5.91 Å². The largest absolute Gasteiger partial charge is 0.359 e. The van der Waals surface area contributed by atoms with Crippen LogP contribution in [-0.2, 0) is 4.79 Å². The minimum atomic E-state index is -2.62. The normalized spacial score (nSPS) is 12.3. The highest BCUT2D eigenvalue weighted by Crippen LogP contribution is 2.26. The third-order valence-electron chi connectivity index (χ3n) is 3.58. The zero-order chi connectivity index (χ0) is 18.7. The van der Waals surface area contributed by atoms with E-state index < -0.39 is 30.7 Å². The monoisotopic (exact) mass is 370 g/mol. The second kappa shape index (κ2) is 7.38. The van der Waals surface area contributed by atoms with Crippen LogP contribution in [0.5, 0.6) is 0 Å². The van der Waals surface area contributed by atoms with Gasteiger partial charge in [-0.05, 0) is 19.1 Å². The molecule has 0 unspecified atom stereocenters. The number of nitrogens with one attached hydrogen (secondary N) is 3. The SMILES string of the molecule is C[C@@H](Nc1ccnc(-c2c[nH]c3ncc(F)cc23)n1)C(=O)NCC(F)F.[HH].[HH].[HH]. The lowest BCUT2D eigenvalue weighted by Gasteiger charge is -2.14. The molecule has 10 heteroatoms. The Hall–Kier alpha value is -3.17. The summed E-state index contributed by atoms with van der Waals surface area (Å²) in [6.45, 7) is 0.807. The van der Waals surface area contributed by atoms with Crippen LogP contribution in [0.25, 0.3) is 22.4 Å². The molecule has 3 rings (SSSR count). The number of hydrogen-bond donors (Lipinski definition) is 3. The van der Waals surface area contributed by atoms with Gasteiger partial charge in [-0.15, -0.1) is 0 Å². The maximum absolute atomic E-state index is 13.5. The van der Waals surface area contributed by atoms with E-state index in [1.54, 1.807) is 6.20 Å². The summed E-state index contributed by atoms with van der Waals surface area (Å²) in [5.41, 5.74) is 1.04. The molecule has 0 radical (unpaired) electrons. The lowest BCUT2D eigenvalue weighted by Crippen LogP contribution is -2.39. The molecule has 0 aliphatic rings. The van der Waals surface area contributed by atoms with Crippen LogP contribution in [0.2, 0.25) is 0 Å². The fourth-order valence-electron chi connectivity index (χ4n) is 2.35. The highest BCUT2D eigenvalue weighted by atomic mass is 19.3. The molecule has 0 aliphatic carbocycles. The summed E-state index contributed by atoms with van der Waals surface area (Å²) in [6.07, 6.45) is 1.56. The minimum Gasteiger partial charge on any atom is -0.359 e. The number of nitrogens with zero attached hydrogens (tertiary/aromatic N) is 3. The highest BCUT2D eigenvalue weighted by Gasteiger charge is 2.16. The molecule has 1 atom stereocenters. The van der Waals surface area contributed by atoms with E-state index in [2.05, 4.69) is 30.6 Å². The van der Waals surface area contributed by atoms with Crippen LogP contribution < -0.4 is 10.6 Å². The van der Waals surface area contributed by atoms with E-state index in [1.165, 1.54) is 25.3 Å². The summed E-state index contributed by atoms with van der Waals surface area (Å²) >= 11 is 0. The van der Waals surface area contributed by atoms with Crippen molar-refractivity contribution in [2.24, 2.45) is 0 Å². The van der Waals surface area contributed by atoms with Crippen LogP contribution in [0, 0.1) is 5.82 Å². The molecule has 26 heavy (non-hydrogen) atoms. The Morgan fingerprint density at radius 3 is 2.96 bits per heavy atom. The predicted octanol–water partition coefficient (Wildman–Crippen LogP) is 3.08. The number of aromatic amines is 1. The van der Waals surface area contributed by atoms with Crippen LogP contribution in [-0.4, -0.2) is 44.9 Å². The van der Waals surface area contributed by atoms with Crippen LogP contribution in [0.15, 0.2) is 30.7 Å². The van der Waals surface area contributed by atoms with E-state index in [-0.39, 0.29) is 4.28 Å². The molecule has 3 aromatic rings. The first-order valence-corrected chi connectivity index (χ1v) is 7.72. The number of amides is 1. The van der Waals surface area contributed by atoms with Crippen molar-refractivity contribution < 1.29 is 22.2 Å². The molecule has 1 amide bonds. The van der Waals surface area contributed by atoms with E-state index in [0.717, 1.165) is 6.20 Å². The van der Waals surface area contributed by atoms with Crippen molar-refractivity contribution in [3.63, 3.8) is 0 Å². The fourth-order valence-corrected chi connectivity index (χ4v) is 2.35. The van der Waals surface area contributed by atoms with Crippen molar-refractivity contribution >= 4 is 22.8 Å². The van der Waals surface area contributed by atoms with Gasteiger partial charge >= 0.3 is 0 Å². The zero-order valence-electron chi connectivity index (χ0n) is 13.6. The van der Waals surface area contributed by atoms with E-state index in [0.29, 0.717) is 28.2 Å². The van der Waals surface area contributed by atoms with Crippen molar-refractivity contribution in [3.8, 4) is 11.4 Å². The van der Waals surface area contributed by atoms with Crippen LogP contribution in [0.3, 0.4) is 0 Å². The molecule has 3 N–H and O–H groups in total. The molecular weight excluding hydrogens is 349 g/mol. The number of halogens is 3. The third kappa shape index (κ3) is 3.90. The maximum atomic E-state index is 13.5. The smallest absolute Gasteiger partial charge is 0.255 e. The molecule has 7 nitrogen and oxygen atoms in total. The Balaban J connectivity index is 0.00000261. The molecule has 0 fully saturated rings. The van der Waals surface area contributed by atoms with Gasteiger partial charge in [-0.2, -0.15) is 0 Å². The number of hydrogen-bond acceptors (Lipinski definition) is 5. The summed E-state index contributed by atoms with van der Waals surface area (Å²) in [7, 11) is 0. The fraction of sp³-hybridized carbons (Fsp3) is 0.250. The Bertz CT molecular complexity index is 943. The molecular formula is C16H21F3N6O. The van der Waals surface area contributed by atoms with Crippen molar-refractivity contribution in [3.05, 3.63) is 36.5 Å². The van der Waals surface area contributed by atoms with Crippen LogP contribution in [0.4, 0.5) is 19.0 Å². The molecule has 3 aromatic heterocycles. The van der Waals surface area contributed by atoms with Gasteiger partial charge in [-0.3, -0.25) is 4.79 Å². The summed E-state index contributed by atoms with van der Waals surface area (Å²) in [6, 6.07) is 2.07. The van der Waals surface area contributed by atoms with E-state index >= 15 is 0 Å². The molecule has 0 aromatic carbocycles. The second-order valence-corrected chi connectivity index (χ2v) is 5.52. The first-order valence-electron chi connectivity index (χ1n) is 7.72. The lowest BCUT2D eigenvalue weighted by molar-refractivity contribution is -0.122. The molecule has 0 bridgehead atoms. The lowest BCUT2D eigenvalue weighted by atomic mass is 10.2. The Labute approximate surface area is 150 Å². The van der Waals surface area contributed by atoms with Crippen LogP contribution >= 0.6 is 0 Å². The zero-order valence-corrected chi connectivity index (χ0v) is 13.6. The third-order valence-corrected chi connectivity index (χ3v) is 3.58. The van der Waals surface area contributed by atoms with Crippen molar-refractivity contribution in [1.82, 2.24) is 25.3 Å². The Morgan fingerprint density at radius 2 is 2.19 bits per heavy atom. The molecule has 3 heterocycles. The number of anilines is 1. The predicted molar refractivity (Wildman–Crippen MR) is 95.5 cm³/mol. The van der Waals surface area contributed by atoms with Gasteiger partial charge in [0.25, 0.3) is 6.43 Å². The highest BCUT2D eigenvalue weighted by molar-refractivity contribution is 5.91. The number of carbonyl (C=O) groups excluding carboxylic acids is 1. The Morgan fingerprint density at radius 1 is 1.38 bits per heavy atom. The summed E-state index contributed by atoms with van der Waals surface area (Å²) in [5.74, 6) is -0.442. The van der Waals surface area contributed by atoms with Crippen molar-refractivity contribution in [2.45, 2.75) is 19.4 Å².